The van der Waals surface area contributed by atoms with Gasteiger partial charge in [-0.05, 0) is 12.1 Å². The number of alkyl halides is 2. The van der Waals surface area contributed by atoms with Gasteiger partial charge in [0.15, 0.2) is 0 Å². The average molecular weight is 397 g/mol. The zero-order valence-corrected chi connectivity index (χ0v) is 14.1. The van der Waals surface area contributed by atoms with E-state index in [1.54, 1.807) is 6.07 Å². The predicted octanol–water partition coefficient (Wildman–Crippen LogP) is 4.88. The molecule has 0 saturated heterocycles. The van der Waals surface area contributed by atoms with Gasteiger partial charge in [0.05, 0.1) is 15.1 Å². The molecule has 0 aromatic heterocycles. The van der Waals surface area contributed by atoms with E-state index < -0.39 is 18.3 Å². The van der Waals surface area contributed by atoms with Crippen LogP contribution in [0.25, 0.3) is 0 Å². The van der Waals surface area contributed by atoms with Gasteiger partial charge in [0.2, 0.25) is 0 Å². The third kappa shape index (κ3) is 4.20. The van der Waals surface area contributed by atoms with Gasteiger partial charge in [-0.25, -0.2) is 0 Å². The Morgan fingerprint density at radius 2 is 1.88 bits per heavy atom. The molecule has 0 aliphatic heterocycles. The summed E-state index contributed by atoms with van der Waals surface area (Å²) in [5.41, 5.74) is 0.0105. The Bertz CT molecular complexity index is 746. The number of rotatable bonds is 5. The summed E-state index contributed by atoms with van der Waals surface area (Å²) in [4.78, 5) is 12.2. The van der Waals surface area contributed by atoms with Gasteiger partial charge in [-0.1, -0.05) is 53.0 Å². The highest BCUT2D eigenvalue weighted by molar-refractivity contribution is 6.45. The molecule has 0 atom stereocenters. The minimum absolute atomic E-state index is 0.00829. The zero-order valence-electron chi connectivity index (χ0n) is 11.8. The molecule has 0 aliphatic rings. The molecule has 0 radical (unpaired) electrons. The molecule has 0 spiro atoms. The maximum absolute atomic E-state index is 12.4. The molecule has 4 nitrogen and oxygen atoms in total. The normalized spacial score (nSPS) is 10.8. The van der Waals surface area contributed by atoms with Gasteiger partial charge in [0, 0.05) is 12.1 Å². The van der Waals surface area contributed by atoms with Crippen LogP contribution in [-0.2, 0) is 6.54 Å². The number of nitrogens with one attached hydrogen (secondary N) is 1. The maximum Gasteiger partial charge on any atom is 0.387 e. The lowest BCUT2D eigenvalue weighted by Crippen LogP contribution is -2.24. The van der Waals surface area contributed by atoms with Crippen molar-refractivity contribution in [3.8, 4) is 11.5 Å². The number of ether oxygens (including phenoxy) is 1. The highest BCUT2D eigenvalue weighted by Crippen LogP contribution is 2.38. The van der Waals surface area contributed by atoms with E-state index in [0.717, 1.165) is 0 Å². The summed E-state index contributed by atoms with van der Waals surface area (Å²) in [6.45, 7) is -3.13. The van der Waals surface area contributed by atoms with E-state index in [1.807, 2.05) is 0 Å². The molecular formula is C15H10Cl3F2NO3. The number of aromatic hydroxyl groups is 1. The lowest BCUT2D eigenvalue weighted by molar-refractivity contribution is -0.0504. The van der Waals surface area contributed by atoms with Crippen molar-refractivity contribution in [3.63, 3.8) is 0 Å². The predicted molar refractivity (Wildman–Crippen MR) is 87.4 cm³/mol. The first-order valence-corrected chi connectivity index (χ1v) is 7.62. The molecule has 1 amide bonds. The van der Waals surface area contributed by atoms with Crippen molar-refractivity contribution < 1.29 is 23.4 Å². The van der Waals surface area contributed by atoms with Gasteiger partial charge in [0.25, 0.3) is 5.91 Å². The topological polar surface area (TPSA) is 58.6 Å². The summed E-state index contributed by atoms with van der Waals surface area (Å²) in [6, 6.07) is 7.16. The molecule has 0 fully saturated rings. The summed E-state index contributed by atoms with van der Waals surface area (Å²) in [7, 11) is 0. The number of benzene rings is 2. The highest BCUT2D eigenvalue weighted by atomic mass is 35.5. The van der Waals surface area contributed by atoms with E-state index in [9.17, 15) is 18.7 Å². The maximum atomic E-state index is 12.4. The van der Waals surface area contributed by atoms with Crippen molar-refractivity contribution in [2.24, 2.45) is 0 Å². The smallest absolute Gasteiger partial charge is 0.387 e. The van der Waals surface area contributed by atoms with Gasteiger partial charge in [-0.3, -0.25) is 4.79 Å². The fraction of sp³-hybridized carbons (Fsp3) is 0.133. The van der Waals surface area contributed by atoms with Crippen LogP contribution in [0.5, 0.6) is 11.5 Å². The molecular weight excluding hydrogens is 387 g/mol. The minimum Gasteiger partial charge on any atom is -0.505 e. The van der Waals surface area contributed by atoms with Crippen molar-refractivity contribution in [2.75, 3.05) is 0 Å². The van der Waals surface area contributed by atoms with Crippen LogP contribution < -0.4 is 10.1 Å². The average Bonchev–Trinajstić information content (AvgIpc) is 2.52. The van der Waals surface area contributed by atoms with E-state index in [1.165, 1.54) is 24.3 Å². The van der Waals surface area contributed by atoms with Crippen LogP contribution in [0.1, 0.15) is 15.9 Å². The van der Waals surface area contributed by atoms with Crippen molar-refractivity contribution in [1.29, 1.82) is 0 Å². The molecule has 24 heavy (non-hydrogen) atoms. The molecule has 2 N–H and O–H groups in total. The largest absolute Gasteiger partial charge is 0.505 e. The first-order valence-electron chi connectivity index (χ1n) is 6.48. The number of phenolic OH excluding ortho intramolecular Hbond substituents is 1. The molecule has 0 aliphatic carbocycles. The molecule has 0 heterocycles. The second kappa shape index (κ2) is 7.88. The third-order valence-corrected chi connectivity index (χ3v) is 4.08. The first-order chi connectivity index (χ1) is 11.3. The summed E-state index contributed by atoms with van der Waals surface area (Å²) < 4.78 is 29.1. The monoisotopic (exact) mass is 395 g/mol. The second-order valence-electron chi connectivity index (χ2n) is 4.55. The quantitative estimate of drug-likeness (QED) is 0.708. The van der Waals surface area contributed by atoms with E-state index in [0.29, 0.717) is 5.56 Å². The van der Waals surface area contributed by atoms with Crippen LogP contribution in [0, 0.1) is 0 Å². The number of halogens is 5. The van der Waals surface area contributed by atoms with E-state index >= 15 is 0 Å². The SMILES string of the molecule is O=C(NCc1ccccc1OC(F)F)c1c(O)c(Cl)cc(Cl)c1Cl. The Morgan fingerprint density at radius 3 is 2.54 bits per heavy atom. The van der Waals surface area contributed by atoms with Crippen LogP contribution in [0.3, 0.4) is 0 Å². The number of phenols is 1. The molecule has 2 aromatic carbocycles. The standard InChI is InChI=1S/C15H10Cl3F2NO3/c16-8-5-9(17)13(22)11(12(8)18)14(23)21-6-7-3-1-2-4-10(7)24-15(19)20/h1-5,15,22H,6H2,(H,21,23). The zero-order chi connectivity index (χ0) is 17.9. The number of amides is 1. The van der Waals surface area contributed by atoms with Crippen LogP contribution in [-0.4, -0.2) is 17.6 Å². The van der Waals surface area contributed by atoms with E-state index in [-0.39, 0.29) is 32.9 Å². The summed E-state index contributed by atoms with van der Waals surface area (Å²) in [6.07, 6.45) is 0. The Balaban J connectivity index is 2.21. The van der Waals surface area contributed by atoms with Gasteiger partial charge in [-0.15, -0.1) is 0 Å². The second-order valence-corrected chi connectivity index (χ2v) is 5.74. The molecule has 2 aromatic rings. The summed E-state index contributed by atoms with van der Waals surface area (Å²) in [5.74, 6) is -1.37. The van der Waals surface area contributed by atoms with Gasteiger partial charge >= 0.3 is 6.61 Å². The van der Waals surface area contributed by atoms with Crippen LogP contribution in [0.15, 0.2) is 30.3 Å². The molecule has 0 unspecified atom stereocenters. The van der Waals surface area contributed by atoms with Crippen molar-refractivity contribution >= 4 is 40.7 Å². The van der Waals surface area contributed by atoms with Gasteiger partial charge < -0.3 is 15.2 Å². The van der Waals surface area contributed by atoms with Crippen LogP contribution in [0.4, 0.5) is 8.78 Å². The molecule has 0 saturated carbocycles. The fourth-order valence-electron chi connectivity index (χ4n) is 1.92. The van der Waals surface area contributed by atoms with Gasteiger partial charge in [-0.2, -0.15) is 8.78 Å². The van der Waals surface area contributed by atoms with Gasteiger partial charge in [0.1, 0.15) is 17.1 Å². The molecule has 0 bridgehead atoms. The molecule has 9 heteroatoms. The highest BCUT2D eigenvalue weighted by Gasteiger charge is 2.21. The van der Waals surface area contributed by atoms with E-state index in [2.05, 4.69) is 10.1 Å². The Kier molecular flexibility index (Phi) is 6.10. The first kappa shape index (κ1) is 18.6. The number of hydrogen-bond acceptors (Lipinski definition) is 3. The summed E-state index contributed by atoms with van der Waals surface area (Å²) >= 11 is 17.5. The molecule has 2 rings (SSSR count). The summed E-state index contributed by atoms with van der Waals surface area (Å²) in [5, 5.41) is 12.0. The number of carbonyl (C=O) groups is 1. The van der Waals surface area contributed by atoms with Crippen molar-refractivity contribution in [2.45, 2.75) is 13.2 Å². The Hall–Kier alpha value is -1.76. The Labute approximate surface area is 150 Å². The number of carbonyl (C=O) groups excluding carboxylic acids is 1. The fourth-order valence-corrected chi connectivity index (χ4v) is 2.61. The van der Waals surface area contributed by atoms with E-state index in [4.69, 9.17) is 34.8 Å². The lowest BCUT2D eigenvalue weighted by atomic mass is 10.1. The Morgan fingerprint density at radius 1 is 1.21 bits per heavy atom. The van der Waals surface area contributed by atoms with Crippen LogP contribution >= 0.6 is 34.8 Å². The molecule has 128 valence electrons. The third-order valence-electron chi connectivity index (χ3n) is 3.00. The number of hydrogen-bond donors (Lipinski definition) is 2. The van der Waals surface area contributed by atoms with Crippen molar-refractivity contribution in [1.82, 2.24) is 5.32 Å². The lowest BCUT2D eigenvalue weighted by Gasteiger charge is -2.13. The van der Waals surface area contributed by atoms with Crippen molar-refractivity contribution in [3.05, 3.63) is 56.5 Å². The van der Waals surface area contributed by atoms with Crippen LogP contribution in [0.2, 0.25) is 15.1 Å². The minimum atomic E-state index is -2.99. The number of para-hydroxylation sites is 1.